The van der Waals surface area contributed by atoms with Crippen LogP contribution in [0.2, 0.25) is 0 Å². The lowest BCUT2D eigenvalue weighted by atomic mass is 10.0. The molecule has 0 heterocycles. The lowest BCUT2D eigenvalue weighted by Crippen LogP contribution is -2.14. The first-order chi connectivity index (χ1) is 9.00. The predicted molar refractivity (Wildman–Crippen MR) is 100 cm³/mol. The number of rotatable bonds is 3. The van der Waals surface area contributed by atoms with Crippen LogP contribution in [0.1, 0.15) is 22.0 Å². The standard InChI is InChI=1S/C14H9I3O2/c15-9-6-10(12(17)11(16)7-9)14(19)13(18)8-4-2-1-3-5-8/h1-7,13,18H. The van der Waals surface area contributed by atoms with Crippen molar-refractivity contribution in [2.24, 2.45) is 0 Å². The molecule has 1 atom stereocenters. The molecule has 19 heavy (non-hydrogen) atoms. The predicted octanol–water partition coefficient (Wildman–Crippen LogP) is 4.42. The molecule has 2 nitrogen and oxygen atoms in total. The van der Waals surface area contributed by atoms with Crippen LogP contribution in [0.3, 0.4) is 0 Å². The van der Waals surface area contributed by atoms with Gasteiger partial charge in [-0.05, 0) is 85.5 Å². The molecule has 2 rings (SSSR count). The van der Waals surface area contributed by atoms with E-state index in [1.165, 1.54) is 0 Å². The van der Waals surface area contributed by atoms with Crippen molar-refractivity contribution in [1.82, 2.24) is 0 Å². The van der Waals surface area contributed by atoms with Crippen LogP contribution in [0.5, 0.6) is 0 Å². The summed E-state index contributed by atoms with van der Waals surface area (Å²) in [6, 6.07) is 12.8. The zero-order valence-electron chi connectivity index (χ0n) is 9.61. The normalized spacial score (nSPS) is 12.2. The van der Waals surface area contributed by atoms with Gasteiger partial charge < -0.3 is 5.11 Å². The van der Waals surface area contributed by atoms with E-state index >= 15 is 0 Å². The minimum absolute atomic E-state index is 0.257. The lowest BCUT2D eigenvalue weighted by molar-refractivity contribution is 0.0746. The van der Waals surface area contributed by atoms with E-state index in [2.05, 4.69) is 67.8 Å². The third-order valence-electron chi connectivity index (χ3n) is 2.62. The van der Waals surface area contributed by atoms with Crippen LogP contribution >= 0.6 is 67.8 Å². The van der Waals surface area contributed by atoms with Crippen LogP contribution in [0.25, 0.3) is 0 Å². The maximum Gasteiger partial charge on any atom is 0.196 e. The second-order valence-electron chi connectivity index (χ2n) is 3.93. The summed E-state index contributed by atoms with van der Waals surface area (Å²) in [5, 5.41) is 10.2. The number of carbonyl (C=O) groups excluding carboxylic acids is 1. The fraction of sp³-hybridized carbons (Fsp3) is 0.0714. The molecule has 0 aliphatic rings. The van der Waals surface area contributed by atoms with E-state index in [1.807, 2.05) is 30.3 Å². The van der Waals surface area contributed by atoms with Gasteiger partial charge in [0.15, 0.2) is 5.78 Å². The van der Waals surface area contributed by atoms with Gasteiger partial charge in [-0.3, -0.25) is 4.79 Å². The Bertz CT molecular complexity index is 612. The summed E-state index contributed by atoms with van der Waals surface area (Å²) in [4.78, 5) is 12.4. The second-order valence-corrected chi connectivity index (χ2v) is 7.41. The molecule has 0 aliphatic carbocycles. The summed E-state index contributed by atoms with van der Waals surface area (Å²) in [5.74, 6) is -0.257. The average molecular weight is 590 g/mol. The van der Waals surface area contributed by atoms with Crippen molar-refractivity contribution >= 4 is 73.6 Å². The van der Waals surface area contributed by atoms with Crippen molar-refractivity contribution in [3.05, 3.63) is 64.3 Å². The van der Waals surface area contributed by atoms with Gasteiger partial charge in [0.2, 0.25) is 0 Å². The SMILES string of the molecule is O=C(c1cc(I)cc(I)c1I)C(O)c1ccccc1. The number of hydrogen-bond donors (Lipinski definition) is 1. The molecule has 0 saturated heterocycles. The summed E-state index contributed by atoms with van der Waals surface area (Å²) in [7, 11) is 0. The first-order valence-corrected chi connectivity index (χ1v) is 8.66. The summed E-state index contributed by atoms with van der Waals surface area (Å²) < 4.78 is 2.90. The second kappa shape index (κ2) is 6.81. The number of aliphatic hydroxyl groups is 1. The fourth-order valence-electron chi connectivity index (χ4n) is 1.67. The highest BCUT2D eigenvalue weighted by molar-refractivity contribution is 14.1. The highest BCUT2D eigenvalue weighted by Crippen LogP contribution is 2.27. The van der Waals surface area contributed by atoms with Crippen molar-refractivity contribution in [1.29, 1.82) is 0 Å². The molecular weight excluding hydrogens is 581 g/mol. The van der Waals surface area contributed by atoms with Gasteiger partial charge in [-0.15, -0.1) is 0 Å². The zero-order valence-corrected chi connectivity index (χ0v) is 16.1. The number of ketones is 1. The number of carbonyl (C=O) groups is 1. The third-order valence-corrected chi connectivity index (χ3v) is 6.29. The van der Waals surface area contributed by atoms with Gasteiger partial charge in [0.25, 0.3) is 0 Å². The Hall–Kier alpha value is 0.260. The Morgan fingerprint density at radius 3 is 2.32 bits per heavy atom. The number of aliphatic hydroxyl groups excluding tert-OH is 1. The minimum Gasteiger partial charge on any atom is -0.380 e. The van der Waals surface area contributed by atoms with Crippen LogP contribution in [0.15, 0.2) is 42.5 Å². The molecule has 0 amide bonds. The Morgan fingerprint density at radius 1 is 1.05 bits per heavy atom. The van der Waals surface area contributed by atoms with Crippen LogP contribution in [-0.2, 0) is 0 Å². The maximum absolute atomic E-state index is 12.4. The fourth-order valence-corrected chi connectivity index (χ4v) is 4.09. The summed E-state index contributed by atoms with van der Waals surface area (Å²) in [6.45, 7) is 0. The maximum atomic E-state index is 12.4. The average Bonchev–Trinajstić information content (AvgIpc) is 2.42. The lowest BCUT2D eigenvalue weighted by Gasteiger charge is -2.12. The smallest absolute Gasteiger partial charge is 0.196 e. The summed E-state index contributed by atoms with van der Waals surface area (Å²) in [5.41, 5.74) is 1.20. The van der Waals surface area contributed by atoms with Gasteiger partial charge in [-0.25, -0.2) is 0 Å². The molecule has 2 aromatic rings. The largest absolute Gasteiger partial charge is 0.380 e. The van der Waals surface area contributed by atoms with Gasteiger partial charge in [-0.2, -0.15) is 0 Å². The Balaban J connectivity index is 2.40. The molecule has 0 aromatic heterocycles. The summed E-state index contributed by atoms with van der Waals surface area (Å²) in [6.07, 6.45) is -1.11. The van der Waals surface area contributed by atoms with E-state index < -0.39 is 6.10 Å². The zero-order chi connectivity index (χ0) is 14.0. The van der Waals surface area contributed by atoms with Crippen LogP contribution in [0, 0.1) is 10.7 Å². The van der Waals surface area contributed by atoms with Gasteiger partial charge in [0.05, 0.1) is 0 Å². The highest BCUT2D eigenvalue weighted by Gasteiger charge is 2.22. The van der Waals surface area contributed by atoms with Gasteiger partial charge in [0, 0.05) is 16.3 Å². The topological polar surface area (TPSA) is 37.3 Å². The molecule has 0 saturated carbocycles. The van der Waals surface area contributed by atoms with Crippen molar-refractivity contribution in [2.75, 3.05) is 0 Å². The number of Topliss-reactive ketones (excluding diaryl/α,β-unsaturated/α-hetero) is 1. The van der Waals surface area contributed by atoms with E-state index in [0.717, 1.165) is 10.7 Å². The molecule has 0 fully saturated rings. The van der Waals surface area contributed by atoms with Gasteiger partial charge in [-0.1, -0.05) is 30.3 Å². The monoisotopic (exact) mass is 590 g/mol. The first kappa shape index (κ1) is 15.6. The van der Waals surface area contributed by atoms with E-state index in [1.54, 1.807) is 12.1 Å². The Kier molecular flexibility index (Phi) is 5.61. The molecule has 1 unspecified atom stereocenters. The molecule has 98 valence electrons. The number of halogens is 3. The number of benzene rings is 2. The van der Waals surface area contributed by atoms with Crippen LogP contribution in [0.4, 0.5) is 0 Å². The van der Waals surface area contributed by atoms with Crippen molar-refractivity contribution in [3.8, 4) is 0 Å². The number of hydrogen-bond acceptors (Lipinski definition) is 2. The molecule has 0 spiro atoms. The van der Waals surface area contributed by atoms with Crippen LogP contribution < -0.4 is 0 Å². The highest BCUT2D eigenvalue weighted by atomic mass is 127. The molecular formula is C14H9I3O2. The first-order valence-electron chi connectivity index (χ1n) is 5.42. The molecule has 0 radical (unpaired) electrons. The third kappa shape index (κ3) is 3.67. The van der Waals surface area contributed by atoms with E-state index in [9.17, 15) is 9.90 Å². The van der Waals surface area contributed by atoms with E-state index in [4.69, 9.17) is 0 Å². The van der Waals surface area contributed by atoms with Crippen molar-refractivity contribution < 1.29 is 9.90 Å². The Labute approximate surface area is 152 Å². The van der Waals surface area contributed by atoms with E-state index in [-0.39, 0.29) is 5.78 Å². The Morgan fingerprint density at radius 2 is 1.68 bits per heavy atom. The molecule has 2 aromatic carbocycles. The van der Waals surface area contributed by atoms with Crippen molar-refractivity contribution in [3.63, 3.8) is 0 Å². The molecule has 1 N–H and O–H groups in total. The quantitative estimate of drug-likeness (QED) is 0.327. The molecule has 0 aliphatic heterocycles. The summed E-state index contributed by atoms with van der Waals surface area (Å²) >= 11 is 6.52. The van der Waals surface area contributed by atoms with E-state index in [0.29, 0.717) is 11.1 Å². The van der Waals surface area contributed by atoms with Gasteiger partial charge >= 0.3 is 0 Å². The molecule has 0 bridgehead atoms. The van der Waals surface area contributed by atoms with Crippen LogP contribution in [-0.4, -0.2) is 10.9 Å². The molecule has 5 heteroatoms. The minimum atomic E-state index is -1.11. The van der Waals surface area contributed by atoms with Crippen molar-refractivity contribution in [2.45, 2.75) is 6.10 Å². The van der Waals surface area contributed by atoms with Gasteiger partial charge in [0.1, 0.15) is 6.10 Å².